The third-order valence-electron chi connectivity index (χ3n) is 1.19. The lowest BCUT2D eigenvalue weighted by atomic mass is 10.4. The van der Waals surface area contributed by atoms with Crippen LogP contribution in [0, 0.1) is 6.92 Å². The molecule has 0 N–H and O–H groups in total. The average molecular weight is 150 g/mol. The molecule has 0 saturated carbocycles. The number of hydrogen-bond donors (Lipinski definition) is 0. The molecule has 1 aromatic heterocycles. The largest absolute Gasteiger partial charge is 0.243 e. The fraction of sp³-hybridized carbons (Fsp3) is 0.222. The monoisotopic (exact) mass is 150 g/mol. The normalized spacial score (nSPS) is 8.18. The van der Waals surface area contributed by atoms with Gasteiger partial charge in [-0.1, -0.05) is 6.58 Å². The third-order valence-corrected chi connectivity index (χ3v) is 1.19. The summed E-state index contributed by atoms with van der Waals surface area (Å²) in [6.45, 7) is 13.7. The zero-order valence-electron chi connectivity index (χ0n) is 7.17. The Bertz CT molecular complexity index is 235. The fourth-order valence-electron chi connectivity index (χ4n) is 0.769. The van der Waals surface area contributed by atoms with Crippen LogP contribution < -0.4 is 0 Å². The second-order valence-corrected chi connectivity index (χ2v) is 2.12. The molecule has 0 aliphatic heterocycles. The van der Waals surface area contributed by atoms with E-state index in [2.05, 4.69) is 24.8 Å². The Morgan fingerprint density at radius 2 is 2.09 bits per heavy atom. The van der Waals surface area contributed by atoms with Gasteiger partial charge in [-0.25, -0.2) is 4.68 Å². The quantitative estimate of drug-likeness (QED) is 0.562. The predicted octanol–water partition coefficient (Wildman–Crippen LogP) is 2.48. The highest BCUT2D eigenvalue weighted by molar-refractivity contribution is 5.37. The summed E-state index contributed by atoms with van der Waals surface area (Å²) in [6, 6.07) is 1.95. The number of hydrogen-bond acceptors (Lipinski definition) is 1. The molecule has 11 heavy (non-hydrogen) atoms. The lowest BCUT2D eigenvalue weighted by Crippen LogP contribution is -1.95. The van der Waals surface area contributed by atoms with Crippen LogP contribution in [0.25, 0.3) is 5.70 Å². The molecule has 0 atom stereocenters. The maximum absolute atomic E-state index is 4.03. The van der Waals surface area contributed by atoms with Crippen molar-refractivity contribution in [3.05, 3.63) is 37.7 Å². The van der Waals surface area contributed by atoms with E-state index in [0.717, 1.165) is 11.4 Å². The van der Waals surface area contributed by atoms with Crippen LogP contribution in [0.4, 0.5) is 0 Å². The Morgan fingerprint density at radius 3 is 2.27 bits per heavy atom. The van der Waals surface area contributed by atoms with Crippen LogP contribution >= 0.6 is 0 Å². The lowest BCUT2D eigenvalue weighted by Gasteiger charge is -1.99. The minimum atomic E-state index is 0.956. The average Bonchev–Trinajstić information content (AvgIpc) is 2.39. The zero-order chi connectivity index (χ0) is 8.85. The molecule has 0 aliphatic carbocycles. The lowest BCUT2D eigenvalue weighted by molar-refractivity contribution is 0.864. The molecule has 0 bridgehead atoms. The number of aryl methyl sites for hydroxylation is 1. The molecule has 0 fully saturated rings. The summed E-state index contributed by atoms with van der Waals surface area (Å²) in [7, 11) is 0. The third kappa shape index (κ3) is 2.42. The van der Waals surface area contributed by atoms with E-state index in [1.54, 1.807) is 10.9 Å². The molecule has 0 unspecified atom stereocenters. The molecule has 60 valence electrons. The minimum Gasteiger partial charge on any atom is -0.243 e. The minimum absolute atomic E-state index is 0.956. The van der Waals surface area contributed by atoms with Gasteiger partial charge in [0.05, 0.1) is 0 Å². The first-order chi connectivity index (χ1) is 5.22. The summed E-state index contributed by atoms with van der Waals surface area (Å²) >= 11 is 0. The van der Waals surface area contributed by atoms with Gasteiger partial charge < -0.3 is 0 Å². The first-order valence-corrected chi connectivity index (χ1v) is 3.38. The van der Waals surface area contributed by atoms with E-state index < -0.39 is 0 Å². The second kappa shape index (κ2) is 4.50. The topological polar surface area (TPSA) is 17.8 Å². The van der Waals surface area contributed by atoms with Gasteiger partial charge in [-0.3, -0.25) is 0 Å². The maximum Gasteiger partial charge on any atom is 0.0496 e. The molecule has 0 aliphatic rings. The van der Waals surface area contributed by atoms with Crippen LogP contribution in [0.3, 0.4) is 0 Å². The Morgan fingerprint density at radius 1 is 1.55 bits per heavy atom. The highest BCUT2D eigenvalue weighted by atomic mass is 15.3. The SMILES string of the molecule is C=C.C=C(C)n1nccc1C. The van der Waals surface area contributed by atoms with Gasteiger partial charge in [-0.2, -0.15) is 5.10 Å². The van der Waals surface area contributed by atoms with E-state index >= 15 is 0 Å². The maximum atomic E-state index is 4.03. The molecule has 0 saturated heterocycles. The summed E-state index contributed by atoms with van der Waals surface area (Å²) in [5.74, 6) is 0. The van der Waals surface area contributed by atoms with E-state index in [1.807, 2.05) is 19.9 Å². The van der Waals surface area contributed by atoms with Gasteiger partial charge in [0, 0.05) is 17.6 Å². The Hall–Kier alpha value is -1.31. The molecule has 2 nitrogen and oxygen atoms in total. The molecule has 1 rings (SSSR count). The fourth-order valence-corrected chi connectivity index (χ4v) is 0.769. The molecule has 0 radical (unpaired) electrons. The first kappa shape index (κ1) is 9.69. The second-order valence-electron chi connectivity index (χ2n) is 2.12. The van der Waals surface area contributed by atoms with Crippen molar-refractivity contribution in [2.75, 3.05) is 0 Å². The van der Waals surface area contributed by atoms with Crippen molar-refractivity contribution in [3.63, 3.8) is 0 Å². The smallest absolute Gasteiger partial charge is 0.0496 e. The molecule has 0 aromatic carbocycles. The summed E-state index contributed by atoms with van der Waals surface area (Å²) < 4.78 is 1.81. The Kier molecular flexibility index (Phi) is 3.96. The van der Waals surface area contributed by atoms with Crippen LogP contribution in [0.15, 0.2) is 32.0 Å². The highest BCUT2D eigenvalue weighted by Gasteiger charge is 1.93. The summed E-state index contributed by atoms with van der Waals surface area (Å²) in [4.78, 5) is 0. The van der Waals surface area contributed by atoms with E-state index in [0.29, 0.717) is 0 Å². The van der Waals surface area contributed by atoms with Gasteiger partial charge in [0.1, 0.15) is 0 Å². The van der Waals surface area contributed by atoms with Crippen molar-refractivity contribution in [2.24, 2.45) is 0 Å². The van der Waals surface area contributed by atoms with E-state index in [9.17, 15) is 0 Å². The first-order valence-electron chi connectivity index (χ1n) is 3.38. The summed E-state index contributed by atoms with van der Waals surface area (Å²) in [5.41, 5.74) is 2.08. The van der Waals surface area contributed by atoms with Gasteiger partial charge in [0.15, 0.2) is 0 Å². The van der Waals surface area contributed by atoms with Crippen molar-refractivity contribution < 1.29 is 0 Å². The van der Waals surface area contributed by atoms with Gasteiger partial charge in [0.2, 0.25) is 0 Å². The number of nitrogens with zero attached hydrogens (tertiary/aromatic N) is 2. The summed E-state index contributed by atoms with van der Waals surface area (Å²) in [5, 5.41) is 4.03. The van der Waals surface area contributed by atoms with Gasteiger partial charge in [-0.05, 0) is 19.9 Å². The number of allylic oxidation sites excluding steroid dienone is 1. The van der Waals surface area contributed by atoms with Crippen molar-refractivity contribution in [1.29, 1.82) is 0 Å². The van der Waals surface area contributed by atoms with Gasteiger partial charge >= 0.3 is 0 Å². The van der Waals surface area contributed by atoms with Crippen LogP contribution in [-0.2, 0) is 0 Å². The van der Waals surface area contributed by atoms with Crippen molar-refractivity contribution in [1.82, 2.24) is 9.78 Å². The van der Waals surface area contributed by atoms with Gasteiger partial charge in [0.25, 0.3) is 0 Å². The number of rotatable bonds is 1. The molecule has 0 spiro atoms. The Balaban J connectivity index is 0.000000461. The van der Waals surface area contributed by atoms with Crippen molar-refractivity contribution in [3.8, 4) is 0 Å². The molecule has 1 heterocycles. The van der Waals surface area contributed by atoms with Crippen LogP contribution in [0.2, 0.25) is 0 Å². The summed E-state index contributed by atoms with van der Waals surface area (Å²) in [6.07, 6.45) is 1.77. The highest BCUT2D eigenvalue weighted by Crippen LogP contribution is 2.01. The van der Waals surface area contributed by atoms with E-state index in [4.69, 9.17) is 0 Å². The molecule has 2 heteroatoms. The number of aromatic nitrogens is 2. The van der Waals surface area contributed by atoms with Crippen LogP contribution in [0.5, 0.6) is 0 Å². The van der Waals surface area contributed by atoms with Crippen molar-refractivity contribution >= 4 is 5.70 Å². The van der Waals surface area contributed by atoms with Gasteiger partial charge in [-0.15, -0.1) is 13.2 Å². The van der Waals surface area contributed by atoms with Crippen molar-refractivity contribution in [2.45, 2.75) is 13.8 Å². The van der Waals surface area contributed by atoms with E-state index in [-0.39, 0.29) is 0 Å². The molecular weight excluding hydrogens is 136 g/mol. The predicted molar refractivity (Wildman–Crippen MR) is 49.2 cm³/mol. The zero-order valence-corrected chi connectivity index (χ0v) is 7.17. The van der Waals surface area contributed by atoms with Crippen LogP contribution in [-0.4, -0.2) is 9.78 Å². The van der Waals surface area contributed by atoms with E-state index in [1.165, 1.54) is 0 Å². The molecular formula is C9H14N2. The molecule has 0 amide bonds. The Labute approximate surface area is 67.9 Å². The molecule has 1 aromatic rings. The van der Waals surface area contributed by atoms with Crippen LogP contribution in [0.1, 0.15) is 12.6 Å². The standard InChI is InChI=1S/C7H10N2.C2H4/c1-6(2)9-7(3)4-5-8-9;1-2/h4-5H,1H2,2-3H3;1-2H2.